The van der Waals surface area contributed by atoms with Gasteiger partial charge in [-0.3, -0.25) is 14.5 Å². The number of aliphatic hydroxyl groups excluding tert-OH is 1. The van der Waals surface area contributed by atoms with Gasteiger partial charge in [-0.15, -0.1) is 0 Å². The summed E-state index contributed by atoms with van der Waals surface area (Å²) in [5.74, 6) is -0.448. The maximum absolute atomic E-state index is 12.5. The van der Waals surface area contributed by atoms with Crippen molar-refractivity contribution < 1.29 is 24.5 Å². The van der Waals surface area contributed by atoms with E-state index in [1.807, 2.05) is 24.3 Å². The van der Waals surface area contributed by atoms with Gasteiger partial charge >= 0.3 is 5.97 Å². The number of ether oxygens (including phenoxy) is 1. The molecule has 0 saturated heterocycles. The molecule has 1 aromatic heterocycles. The van der Waals surface area contributed by atoms with E-state index in [0.29, 0.717) is 28.2 Å². The molecular weight excluding hydrogens is 506 g/mol. The highest BCUT2D eigenvalue weighted by Crippen LogP contribution is 2.33. The maximum Gasteiger partial charge on any atom is 0.317 e. The molecule has 4 N–H and O–H groups in total. The molecule has 3 aromatic rings. The van der Waals surface area contributed by atoms with E-state index in [2.05, 4.69) is 36.5 Å². The summed E-state index contributed by atoms with van der Waals surface area (Å²) in [6.07, 6.45) is 4.28. The molecule has 0 aliphatic carbocycles. The zero-order chi connectivity index (χ0) is 24.5. The van der Waals surface area contributed by atoms with Gasteiger partial charge in [0.2, 0.25) is 5.91 Å². The number of anilines is 3. The second kappa shape index (κ2) is 12.1. The number of carboxylic acids is 1. The quantitative estimate of drug-likeness (QED) is 0.276. The summed E-state index contributed by atoms with van der Waals surface area (Å²) in [4.78, 5) is 33.5. The van der Waals surface area contributed by atoms with Gasteiger partial charge in [-0.1, -0.05) is 28.1 Å². The third-order valence-electron chi connectivity index (χ3n) is 4.71. The molecule has 0 saturated carbocycles. The number of hydrogen-bond donors (Lipinski definition) is 4. The van der Waals surface area contributed by atoms with E-state index in [-0.39, 0.29) is 26.2 Å². The smallest absolute Gasteiger partial charge is 0.317 e. The molecule has 0 aliphatic heterocycles. The molecule has 0 aliphatic rings. The predicted octanol–water partition coefficient (Wildman–Crippen LogP) is 3.02. The van der Waals surface area contributed by atoms with Crippen LogP contribution in [0, 0.1) is 0 Å². The van der Waals surface area contributed by atoms with Crippen LogP contribution in [0.2, 0.25) is 0 Å². The number of aliphatic hydroxyl groups is 1. The van der Waals surface area contributed by atoms with Gasteiger partial charge in [-0.25, -0.2) is 9.97 Å². The van der Waals surface area contributed by atoms with E-state index < -0.39 is 11.9 Å². The summed E-state index contributed by atoms with van der Waals surface area (Å²) < 4.78 is 6.33. The first-order valence-electron chi connectivity index (χ1n) is 10.3. The Morgan fingerprint density at radius 1 is 1.24 bits per heavy atom. The van der Waals surface area contributed by atoms with Crippen molar-refractivity contribution in [3.8, 4) is 5.75 Å². The molecule has 0 fully saturated rings. The predicted molar refractivity (Wildman–Crippen MR) is 132 cm³/mol. The number of aliphatic carboxylic acids is 1. The second-order valence-electron chi connectivity index (χ2n) is 7.17. The van der Waals surface area contributed by atoms with Gasteiger partial charge in [-0.05, 0) is 24.3 Å². The monoisotopic (exact) mass is 529 g/mol. The van der Waals surface area contributed by atoms with Crippen LogP contribution < -0.4 is 15.4 Å². The van der Waals surface area contributed by atoms with Crippen molar-refractivity contribution in [1.82, 2.24) is 14.9 Å². The first kappa shape index (κ1) is 25.1. The number of carbonyl (C=O) groups is 2. The number of hydrogen-bond acceptors (Lipinski definition) is 8. The summed E-state index contributed by atoms with van der Waals surface area (Å²) >= 11 is 3.44. The van der Waals surface area contributed by atoms with E-state index in [0.717, 1.165) is 10.2 Å². The van der Waals surface area contributed by atoms with E-state index in [4.69, 9.17) is 14.9 Å². The lowest BCUT2D eigenvalue weighted by atomic mass is 10.2. The molecule has 0 spiro atoms. The van der Waals surface area contributed by atoms with E-state index >= 15 is 0 Å². The number of benzene rings is 2. The van der Waals surface area contributed by atoms with Gasteiger partial charge in [0.15, 0.2) is 0 Å². The van der Waals surface area contributed by atoms with Crippen LogP contribution in [-0.4, -0.2) is 70.3 Å². The van der Waals surface area contributed by atoms with Gasteiger partial charge in [0.05, 0.1) is 31.5 Å². The first-order chi connectivity index (χ1) is 16.4. The Labute approximate surface area is 204 Å². The zero-order valence-corrected chi connectivity index (χ0v) is 19.9. The lowest BCUT2D eigenvalue weighted by Crippen LogP contribution is -2.32. The van der Waals surface area contributed by atoms with E-state index in [1.165, 1.54) is 30.5 Å². The Hall–Kier alpha value is -3.54. The first-order valence-corrected chi connectivity index (χ1v) is 11.1. The fourth-order valence-corrected chi connectivity index (χ4v) is 3.60. The number of amides is 1. The van der Waals surface area contributed by atoms with Gasteiger partial charge in [0, 0.05) is 40.8 Å². The van der Waals surface area contributed by atoms with Crippen molar-refractivity contribution in [3.05, 3.63) is 59.4 Å². The lowest BCUT2D eigenvalue weighted by Gasteiger charge is -2.16. The van der Waals surface area contributed by atoms with Crippen LogP contribution in [0.4, 0.5) is 17.2 Å². The molecule has 1 amide bonds. The number of methoxy groups -OCH3 is 1. The number of nitrogens with zero attached hydrogens (tertiary/aromatic N) is 3. The van der Waals surface area contributed by atoms with Crippen LogP contribution in [0.15, 0.2) is 59.4 Å². The molecule has 10 nitrogen and oxygen atoms in total. The van der Waals surface area contributed by atoms with Crippen molar-refractivity contribution in [2.75, 3.05) is 44.0 Å². The molecule has 2 aromatic carbocycles. The number of nitrogens with one attached hydrogen (secondary N) is 2. The molecule has 178 valence electrons. The molecule has 0 unspecified atom stereocenters. The van der Waals surface area contributed by atoms with Crippen LogP contribution in [0.1, 0.15) is 0 Å². The summed E-state index contributed by atoms with van der Waals surface area (Å²) in [6, 6.07) is 11.1. The van der Waals surface area contributed by atoms with Crippen LogP contribution >= 0.6 is 15.9 Å². The topological polar surface area (TPSA) is 137 Å². The van der Waals surface area contributed by atoms with Crippen LogP contribution in [0.3, 0.4) is 0 Å². The molecule has 34 heavy (non-hydrogen) atoms. The molecule has 11 heteroatoms. The highest BCUT2D eigenvalue weighted by Gasteiger charge is 2.13. The number of carboxylic acid groups (broad SMARTS) is 1. The largest absolute Gasteiger partial charge is 0.494 e. The molecule has 1 heterocycles. The average Bonchev–Trinajstić information content (AvgIpc) is 2.79. The standard InChI is InChI=1S/C23H24BrN5O5/c1-34-20-12-18-17(23(26-14-25-18)27-16-5-2-4-15(24)10-16)11-19(20)28-21(31)6-3-7-29(8-9-30)13-22(32)33/h2-6,10-12,14,30H,7-9,13H2,1H3,(H,28,31)(H,32,33)(H,25,26,27). The zero-order valence-electron chi connectivity index (χ0n) is 18.4. The fraction of sp³-hybridized carbons (Fsp3) is 0.217. The lowest BCUT2D eigenvalue weighted by molar-refractivity contribution is -0.138. The second-order valence-corrected chi connectivity index (χ2v) is 8.09. The SMILES string of the molecule is COc1cc2ncnc(Nc3cccc(Br)c3)c2cc1NC(=O)C=CCN(CCO)CC(=O)O. The van der Waals surface area contributed by atoms with Crippen LogP contribution in [-0.2, 0) is 9.59 Å². The van der Waals surface area contributed by atoms with Gasteiger partial charge in [0.1, 0.15) is 17.9 Å². The number of aromatic nitrogens is 2. The van der Waals surface area contributed by atoms with Crippen molar-refractivity contribution >= 4 is 55.9 Å². The minimum atomic E-state index is -1.01. The normalized spacial score (nSPS) is 11.2. The molecule has 0 radical (unpaired) electrons. The minimum Gasteiger partial charge on any atom is -0.494 e. The summed E-state index contributed by atoms with van der Waals surface area (Å²) in [6.45, 7) is -0.0348. The Morgan fingerprint density at radius 3 is 2.76 bits per heavy atom. The van der Waals surface area contributed by atoms with Crippen molar-refractivity contribution in [2.24, 2.45) is 0 Å². The van der Waals surface area contributed by atoms with Crippen LogP contribution in [0.5, 0.6) is 5.75 Å². The van der Waals surface area contributed by atoms with E-state index in [1.54, 1.807) is 12.1 Å². The number of fused-ring (bicyclic) bond motifs is 1. The third-order valence-corrected chi connectivity index (χ3v) is 5.20. The Kier molecular flexibility index (Phi) is 8.91. The highest BCUT2D eigenvalue weighted by molar-refractivity contribution is 9.10. The summed E-state index contributed by atoms with van der Waals surface area (Å²) in [5.41, 5.74) is 1.88. The number of rotatable bonds is 11. The van der Waals surface area contributed by atoms with Crippen molar-refractivity contribution in [3.63, 3.8) is 0 Å². The minimum absolute atomic E-state index is 0.181. The molecule has 3 rings (SSSR count). The molecular formula is C23H24BrN5O5. The number of halogens is 1. The van der Waals surface area contributed by atoms with Gasteiger partial charge < -0.3 is 25.6 Å². The number of carbonyl (C=O) groups excluding carboxylic acids is 1. The fourth-order valence-electron chi connectivity index (χ4n) is 3.20. The Morgan fingerprint density at radius 2 is 2.06 bits per heavy atom. The summed E-state index contributed by atoms with van der Waals surface area (Å²) in [7, 11) is 1.49. The molecule has 0 atom stereocenters. The van der Waals surface area contributed by atoms with Crippen LogP contribution in [0.25, 0.3) is 10.9 Å². The Bertz CT molecular complexity index is 1200. The third kappa shape index (κ3) is 6.98. The van der Waals surface area contributed by atoms with Crippen molar-refractivity contribution in [2.45, 2.75) is 0 Å². The van der Waals surface area contributed by atoms with Gasteiger partial charge in [-0.2, -0.15) is 0 Å². The molecule has 0 bridgehead atoms. The van der Waals surface area contributed by atoms with E-state index in [9.17, 15) is 9.59 Å². The Balaban J connectivity index is 1.81. The average molecular weight is 530 g/mol. The van der Waals surface area contributed by atoms with Crippen molar-refractivity contribution in [1.29, 1.82) is 0 Å². The van der Waals surface area contributed by atoms with Gasteiger partial charge in [0.25, 0.3) is 0 Å². The maximum atomic E-state index is 12.5. The highest BCUT2D eigenvalue weighted by atomic mass is 79.9. The summed E-state index contributed by atoms with van der Waals surface area (Å²) in [5, 5.41) is 24.7.